The van der Waals surface area contributed by atoms with Gasteiger partial charge in [-0.2, -0.15) is 0 Å². The summed E-state index contributed by atoms with van der Waals surface area (Å²) in [5, 5.41) is 2.99. The Bertz CT molecular complexity index is 740. The number of rotatable bonds is 7. The van der Waals surface area contributed by atoms with E-state index in [1.165, 1.54) is 11.1 Å². The Morgan fingerprint density at radius 2 is 1.81 bits per heavy atom. The molecule has 1 unspecified atom stereocenters. The lowest BCUT2D eigenvalue weighted by molar-refractivity contribution is -0.129. The third-order valence-electron chi connectivity index (χ3n) is 4.86. The molecule has 1 aliphatic rings. The lowest BCUT2D eigenvalue weighted by atomic mass is 10.1. The maximum atomic E-state index is 12.4. The highest BCUT2D eigenvalue weighted by atomic mass is 16.2. The van der Waals surface area contributed by atoms with Gasteiger partial charge in [-0.05, 0) is 30.9 Å². The highest BCUT2D eigenvalue weighted by Crippen LogP contribution is 2.20. The molecular weight excluding hydrogens is 324 g/mol. The van der Waals surface area contributed by atoms with Crippen LogP contribution in [0.4, 0.5) is 0 Å². The van der Waals surface area contributed by atoms with Crippen LogP contribution in [-0.4, -0.2) is 29.8 Å². The Morgan fingerprint density at radius 3 is 2.54 bits per heavy atom. The van der Waals surface area contributed by atoms with Crippen LogP contribution in [0, 0.1) is 12.8 Å². The van der Waals surface area contributed by atoms with E-state index >= 15 is 0 Å². The van der Waals surface area contributed by atoms with Gasteiger partial charge >= 0.3 is 0 Å². The maximum Gasteiger partial charge on any atom is 0.225 e. The van der Waals surface area contributed by atoms with Crippen LogP contribution in [0.25, 0.3) is 0 Å². The highest BCUT2D eigenvalue weighted by molar-refractivity contribution is 5.89. The molecule has 1 N–H and O–H groups in total. The van der Waals surface area contributed by atoms with Crippen LogP contribution in [0.5, 0.6) is 0 Å². The van der Waals surface area contributed by atoms with E-state index in [0.29, 0.717) is 26.1 Å². The number of hydrogen-bond donors (Lipinski definition) is 1. The largest absolute Gasteiger partial charge is 0.356 e. The molecule has 0 aliphatic carbocycles. The number of carbonyl (C=O) groups is 2. The van der Waals surface area contributed by atoms with E-state index in [9.17, 15) is 9.59 Å². The van der Waals surface area contributed by atoms with Gasteiger partial charge in [0.15, 0.2) is 0 Å². The van der Waals surface area contributed by atoms with Gasteiger partial charge in [-0.15, -0.1) is 0 Å². The second-order valence-electron chi connectivity index (χ2n) is 7.04. The van der Waals surface area contributed by atoms with E-state index < -0.39 is 0 Å². The van der Waals surface area contributed by atoms with Gasteiger partial charge in [-0.3, -0.25) is 9.59 Å². The summed E-state index contributed by atoms with van der Waals surface area (Å²) in [6.07, 6.45) is 2.17. The average Bonchev–Trinajstić information content (AvgIpc) is 3.02. The second kappa shape index (κ2) is 8.65. The molecule has 0 saturated carbocycles. The first-order chi connectivity index (χ1) is 12.6. The summed E-state index contributed by atoms with van der Waals surface area (Å²) in [5.41, 5.74) is 3.59. The molecule has 1 saturated heterocycles. The van der Waals surface area contributed by atoms with Gasteiger partial charge in [0, 0.05) is 26.1 Å². The SMILES string of the molecule is Cc1ccc(CN2CC(C(=O)NCCCc3ccccc3)CC2=O)cc1. The zero-order valence-corrected chi connectivity index (χ0v) is 15.3. The lowest BCUT2D eigenvalue weighted by Crippen LogP contribution is -2.33. The lowest BCUT2D eigenvalue weighted by Gasteiger charge is -2.17. The van der Waals surface area contributed by atoms with Crippen molar-refractivity contribution in [3.8, 4) is 0 Å². The molecule has 0 spiro atoms. The minimum absolute atomic E-state index is 0.00202. The number of carbonyl (C=O) groups excluding carboxylic acids is 2. The van der Waals surface area contributed by atoms with E-state index in [1.54, 1.807) is 4.90 Å². The summed E-state index contributed by atoms with van der Waals surface area (Å²) in [4.78, 5) is 26.4. The van der Waals surface area contributed by atoms with Gasteiger partial charge in [-0.25, -0.2) is 0 Å². The normalized spacial score (nSPS) is 16.7. The van der Waals surface area contributed by atoms with Gasteiger partial charge < -0.3 is 10.2 Å². The zero-order valence-electron chi connectivity index (χ0n) is 15.3. The molecule has 4 heteroatoms. The highest BCUT2D eigenvalue weighted by Gasteiger charge is 2.33. The summed E-state index contributed by atoms with van der Waals surface area (Å²) in [6.45, 7) is 3.79. The quantitative estimate of drug-likeness (QED) is 0.780. The number of likely N-dealkylation sites (tertiary alicyclic amines) is 1. The molecule has 1 fully saturated rings. The first-order valence-corrected chi connectivity index (χ1v) is 9.27. The minimum atomic E-state index is -0.232. The molecule has 2 amide bonds. The molecule has 0 aromatic heterocycles. The number of amides is 2. The predicted molar refractivity (Wildman–Crippen MR) is 102 cm³/mol. The molecular formula is C22H26N2O2. The van der Waals surface area contributed by atoms with Crippen molar-refractivity contribution in [1.82, 2.24) is 10.2 Å². The van der Waals surface area contributed by atoms with E-state index in [4.69, 9.17) is 0 Å². The summed E-state index contributed by atoms with van der Waals surface area (Å²) in [5.74, 6) is -0.169. The Labute approximate surface area is 155 Å². The van der Waals surface area contributed by atoms with Crippen molar-refractivity contribution in [2.45, 2.75) is 32.7 Å². The molecule has 1 atom stereocenters. The molecule has 0 bridgehead atoms. The predicted octanol–water partition coefficient (Wildman–Crippen LogP) is 3.09. The first-order valence-electron chi connectivity index (χ1n) is 9.27. The van der Waals surface area contributed by atoms with Crippen LogP contribution in [-0.2, 0) is 22.6 Å². The number of hydrogen-bond acceptors (Lipinski definition) is 2. The van der Waals surface area contributed by atoms with Gasteiger partial charge in [-0.1, -0.05) is 60.2 Å². The fourth-order valence-corrected chi connectivity index (χ4v) is 3.31. The van der Waals surface area contributed by atoms with Crippen LogP contribution in [0.15, 0.2) is 54.6 Å². The van der Waals surface area contributed by atoms with Crippen molar-refractivity contribution in [2.75, 3.05) is 13.1 Å². The topological polar surface area (TPSA) is 49.4 Å². The molecule has 1 aliphatic heterocycles. The smallest absolute Gasteiger partial charge is 0.225 e. The third-order valence-corrected chi connectivity index (χ3v) is 4.86. The van der Waals surface area contributed by atoms with Gasteiger partial charge in [0.05, 0.1) is 5.92 Å². The van der Waals surface area contributed by atoms with Crippen molar-refractivity contribution >= 4 is 11.8 Å². The molecule has 1 heterocycles. The van der Waals surface area contributed by atoms with Gasteiger partial charge in [0.1, 0.15) is 0 Å². The Morgan fingerprint density at radius 1 is 1.08 bits per heavy atom. The standard InChI is InChI=1S/C22H26N2O2/c1-17-9-11-19(12-10-17)15-24-16-20(14-21(24)25)22(26)23-13-5-8-18-6-3-2-4-7-18/h2-4,6-7,9-12,20H,5,8,13-16H2,1H3,(H,23,26). The van der Waals surface area contributed by atoms with Crippen LogP contribution >= 0.6 is 0 Å². The number of benzene rings is 2. The molecule has 136 valence electrons. The maximum absolute atomic E-state index is 12.4. The van der Waals surface area contributed by atoms with E-state index in [2.05, 4.69) is 17.4 Å². The first kappa shape index (κ1) is 18.2. The van der Waals surface area contributed by atoms with Crippen molar-refractivity contribution in [2.24, 2.45) is 5.92 Å². The molecule has 3 rings (SSSR count). The molecule has 26 heavy (non-hydrogen) atoms. The van der Waals surface area contributed by atoms with Gasteiger partial charge in [0.25, 0.3) is 0 Å². The third kappa shape index (κ3) is 4.94. The van der Waals surface area contributed by atoms with E-state index in [0.717, 1.165) is 18.4 Å². The van der Waals surface area contributed by atoms with Crippen molar-refractivity contribution in [1.29, 1.82) is 0 Å². The van der Waals surface area contributed by atoms with Crippen LogP contribution in [0.3, 0.4) is 0 Å². The summed E-state index contributed by atoms with van der Waals surface area (Å²) >= 11 is 0. The van der Waals surface area contributed by atoms with Crippen molar-refractivity contribution in [3.63, 3.8) is 0 Å². The van der Waals surface area contributed by atoms with Crippen LogP contribution in [0.2, 0.25) is 0 Å². The second-order valence-corrected chi connectivity index (χ2v) is 7.04. The monoisotopic (exact) mass is 350 g/mol. The molecule has 2 aromatic rings. The fourth-order valence-electron chi connectivity index (χ4n) is 3.31. The Hall–Kier alpha value is -2.62. The summed E-state index contributed by atoms with van der Waals surface area (Å²) in [6, 6.07) is 18.4. The van der Waals surface area contributed by atoms with Crippen LogP contribution in [0.1, 0.15) is 29.5 Å². The average molecular weight is 350 g/mol. The fraction of sp³-hybridized carbons (Fsp3) is 0.364. The van der Waals surface area contributed by atoms with E-state index in [-0.39, 0.29) is 17.7 Å². The van der Waals surface area contributed by atoms with Crippen molar-refractivity contribution < 1.29 is 9.59 Å². The summed E-state index contributed by atoms with van der Waals surface area (Å²) < 4.78 is 0. The van der Waals surface area contributed by atoms with Crippen molar-refractivity contribution in [3.05, 3.63) is 71.3 Å². The minimum Gasteiger partial charge on any atom is -0.356 e. The Balaban J connectivity index is 1.42. The number of aryl methyl sites for hydroxylation is 2. The zero-order chi connectivity index (χ0) is 18.4. The molecule has 0 radical (unpaired) electrons. The molecule has 4 nitrogen and oxygen atoms in total. The summed E-state index contributed by atoms with van der Waals surface area (Å²) in [7, 11) is 0. The molecule has 2 aromatic carbocycles. The van der Waals surface area contributed by atoms with Crippen LogP contribution < -0.4 is 5.32 Å². The van der Waals surface area contributed by atoms with Gasteiger partial charge in [0.2, 0.25) is 11.8 Å². The van der Waals surface area contributed by atoms with E-state index in [1.807, 2.05) is 49.4 Å². The number of nitrogens with zero attached hydrogens (tertiary/aromatic N) is 1. The number of nitrogens with one attached hydrogen (secondary N) is 1. The Kier molecular flexibility index (Phi) is 6.05.